The number of aromatic nitrogens is 4. The Labute approximate surface area is 102 Å². The van der Waals surface area contributed by atoms with Crippen LogP contribution in [0.1, 0.15) is 33.9 Å². The summed E-state index contributed by atoms with van der Waals surface area (Å²) in [6, 6.07) is 0. The van der Waals surface area contributed by atoms with Gasteiger partial charge in [-0.25, -0.2) is 19.6 Å². The van der Waals surface area contributed by atoms with Crippen molar-refractivity contribution in [1.29, 1.82) is 0 Å². The van der Waals surface area contributed by atoms with Gasteiger partial charge in [-0.1, -0.05) is 6.92 Å². The van der Waals surface area contributed by atoms with Crippen molar-refractivity contribution in [3.05, 3.63) is 35.9 Å². The molecule has 0 bridgehead atoms. The van der Waals surface area contributed by atoms with Gasteiger partial charge in [0.2, 0.25) is 11.6 Å². The quantitative estimate of drug-likeness (QED) is 0.638. The molecule has 0 amide bonds. The summed E-state index contributed by atoms with van der Waals surface area (Å²) >= 11 is 0. The van der Waals surface area contributed by atoms with Crippen LogP contribution < -0.4 is 0 Å². The van der Waals surface area contributed by atoms with Gasteiger partial charge in [-0.3, -0.25) is 0 Å². The Hall–Kier alpha value is -2.64. The molecule has 18 heavy (non-hydrogen) atoms. The predicted octanol–water partition coefficient (Wildman–Crippen LogP) is 0.778. The van der Waals surface area contributed by atoms with Crippen LogP contribution in [0.4, 0.5) is 0 Å². The van der Waals surface area contributed by atoms with E-state index in [1.807, 2.05) is 6.92 Å². The lowest BCUT2D eigenvalue weighted by Crippen LogP contribution is -1.98. The fourth-order valence-electron chi connectivity index (χ4n) is 1.03. The van der Waals surface area contributed by atoms with Crippen molar-refractivity contribution in [2.45, 2.75) is 13.3 Å². The highest BCUT2D eigenvalue weighted by atomic mass is 16.4. The second kappa shape index (κ2) is 6.18. The Kier molecular flexibility index (Phi) is 4.61. The number of carbonyl (C=O) groups is 2. The third kappa shape index (κ3) is 3.74. The topological polar surface area (TPSA) is 132 Å². The van der Waals surface area contributed by atoms with Gasteiger partial charge in [0.1, 0.15) is 0 Å². The standard InChI is InChI=1S/C6H8N2O2.C4H4N2O2/c1-2-4-3-7-5(8-4)6(9)10;7-4(8)3-5-1-2-6-3/h3H,2H2,1H3,(H,7,8)(H,9,10);1-2H,(H,5,6)(H,7,8). The first-order valence-corrected chi connectivity index (χ1v) is 5.04. The van der Waals surface area contributed by atoms with Crippen LogP contribution in [0, 0.1) is 0 Å². The van der Waals surface area contributed by atoms with Crippen molar-refractivity contribution in [2.24, 2.45) is 0 Å². The van der Waals surface area contributed by atoms with Crippen molar-refractivity contribution >= 4 is 11.9 Å². The molecule has 2 aromatic rings. The first kappa shape index (κ1) is 13.4. The van der Waals surface area contributed by atoms with Crippen molar-refractivity contribution < 1.29 is 19.8 Å². The summed E-state index contributed by atoms with van der Waals surface area (Å²) in [5.41, 5.74) is 0.775. The number of nitrogens with one attached hydrogen (secondary N) is 2. The van der Waals surface area contributed by atoms with Gasteiger partial charge in [-0.2, -0.15) is 0 Å². The highest BCUT2D eigenvalue weighted by Crippen LogP contribution is 1.96. The van der Waals surface area contributed by atoms with E-state index in [-0.39, 0.29) is 11.6 Å². The maximum absolute atomic E-state index is 10.2. The second-order valence-corrected chi connectivity index (χ2v) is 3.14. The van der Waals surface area contributed by atoms with E-state index in [0.29, 0.717) is 0 Å². The van der Waals surface area contributed by atoms with Gasteiger partial charge >= 0.3 is 11.9 Å². The summed E-state index contributed by atoms with van der Waals surface area (Å²) in [4.78, 5) is 32.4. The fraction of sp³-hybridized carbons (Fsp3) is 0.200. The monoisotopic (exact) mass is 252 g/mol. The van der Waals surface area contributed by atoms with Gasteiger partial charge < -0.3 is 20.2 Å². The van der Waals surface area contributed by atoms with Crippen LogP contribution in [0.2, 0.25) is 0 Å². The molecule has 0 fully saturated rings. The number of imidazole rings is 2. The van der Waals surface area contributed by atoms with Gasteiger partial charge in [0.05, 0.1) is 5.69 Å². The molecule has 8 heteroatoms. The zero-order chi connectivity index (χ0) is 13.5. The van der Waals surface area contributed by atoms with Crippen LogP contribution in [-0.2, 0) is 6.42 Å². The fourth-order valence-corrected chi connectivity index (χ4v) is 1.03. The maximum Gasteiger partial charge on any atom is 0.371 e. The van der Waals surface area contributed by atoms with E-state index in [4.69, 9.17) is 10.2 Å². The minimum Gasteiger partial charge on any atom is -0.475 e. The first-order valence-electron chi connectivity index (χ1n) is 5.04. The molecular weight excluding hydrogens is 240 g/mol. The summed E-state index contributed by atoms with van der Waals surface area (Å²) in [7, 11) is 0. The molecule has 0 aliphatic heterocycles. The Morgan fingerprint density at radius 1 is 1.22 bits per heavy atom. The molecule has 0 aliphatic carbocycles. The lowest BCUT2D eigenvalue weighted by molar-refractivity contribution is 0.0674. The normalized spacial score (nSPS) is 9.39. The van der Waals surface area contributed by atoms with E-state index < -0.39 is 11.9 Å². The van der Waals surface area contributed by atoms with E-state index in [1.165, 1.54) is 12.4 Å². The van der Waals surface area contributed by atoms with Crippen LogP contribution in [0.15, 0.2) is 18.6 Å². The number of carboxylic acid groups (broad SMARTS) is 2. The number of aryl methyl sites for hydroxylation is 1. The third-order valence-corrected chi connectivity index (χ3v) is 1.90. The minimum atomic E-state index is -1.03. The molecule has 0 atom stereocenters. The molecule has 0 aromatic carbocycles. The number of H-pyrrole nitrogens is 2. The molecule has 2 rings (SSSR count). The third-order valence-electron chi connectivity index (χ3n) is 1.90. The number of aromatic carboxylic acids is 2. The number of carboxylic acids is 2. The van der Waals surface area contributed by atoms with Gasteiger partial charge in [0.15, 0.2) is 0 Å². The smallest absolute Gasteiger partial charge is 0.371 e. The minimum absolute atomic E-state index is 0.0110. The van der Waals surface area contributed by atoms with Gasteiger partial charge in [0.25, 0.3) is 0 Å². The predicted molar refractivity (Wildman–Crippen MR) is 60.5 cm³/mol. The number of hydrogen-bond donors (Lipinski definition) is 4. The second-order valence-electron chi connectivity index (χ2n) is 3.14. The number of nitrogens with zero attached hydrogens (tertiary/aromatic N) is 2. The molecule has 0 aliphatic rings. The molecule has 0 unspecified atom stereocenters. The Balaban J connectivity index is 0.000000184. The summed E-state index contributed by atoms with van der Waals surface area (Å²) in [5.74, 6) is -2.06. The van der Waals surface area contributed by atoms with Crippen molar-refractivity contribution in [1.82, 2.24) is 19.9 Å². The number of rotatable bonds is 3. The zero-order valence-corrected chi connectivity index (χ0v) is 9.54. The molecule has 4 N–H and O–H groups in total. The van der Waals surface area contributed by atoms with E-state index in [9.17, 15) is 9.59 Å². The Morgan fingerprint density at radius 2 is 1.89 bits per heavy atom. The van der Waals surface area contributed by atoms with E-state index in [0.717, 1.165) is 12.1 Å². The van der Waals surface area contributed by atoms with E-state index >= 15 is 0 Å². The van der Waals surface area contributed by atoms with Crippen LogP contribution in [0.5, 0.6) is 0 Å². The van der Waals surface area contributed by atoms with Crippen LogP contribution in [-0.4, -0.2) is 42.1 Å². The zero-order valence-electron chi connectivity index (χ0n) is 9.54. The molecule has 2 heterocycles. The van der Waals surface area contributed by atoms with Crippen LogP contribution in [0.3, 0.4) is 0 Å². The maximum atomic E-state index is 10.2. The Bertz CT molecular complexity index is 518. The number of aromatic amines is 2. The summed E-state index contributed by atoms with van der Waals surface area (Å²) in [6.07, 6.45) is 5.21. The molecule has 8 nitrogen and oxygen atoms in total. The summed E-state index contributed by atoms with van der Waals surface area (Å²) in [6.45, 7) is 1.92. The summed E-state index contributed by atoms with van der Waals surface area (Å²) < 4.78 is 0. The first-order chi connectivity index (χ1) is 8.54. The molecule has 0 spiro atoms. The van der Waals surface area contributed by atoms with Crippen LogP contribution in [0.25, 0.3) is 0 Å². The van der Waals surface area contributed by atoms with E-state index in [2.05, 4.69) is 19.9 Å². The van der Waals surface area contributed by atoms with Gasteiger partial charge in [-0.05, 0) is 6.42 Å². The average Bonchev–Trinajstić information content (AvgIpc) is 3.01. The molecular formula is C10H12N4O4. The average molecular weight is 252 g/mol. The highest BCUT2D eigenvalue weighted by Gasteiger charge is 2.05. The van der Waals surface area contributed by atoms with Crippen LogP contribution >= 0.6 is 0 Å². The largest absolute Gasteiger partial charge is 0.475 e. The SMILES string of the molecule is CCc1c[nH]c(C(=O)O)n1.O=C(O)c1ncc[nH]1. The lowest BCUT2D eigenvalue weighted by atomic mass is 10.4. The van der Waals surface area contributed by atoms with Gasteiger partial charge in [-0.15, -0.1) is 0 Å². The van der Waals surface area contributed by atoms with Gasteiger partial charge in [0, 0.05) is 18.6 Å². The van der Waals surface area contributed by atoms with Crippen molar-refractivity contribution in [3.63, 3.8) is 0 Å². The highest BCUT2D eigenvalue weighted by molar-refractivity contribution is 5.83. The summed E-state index contributed by atoms with van der Waals surface area (Å²) in [5, 5.41) is 16.6. The van der Waals surface area contributed by atoms with E-state index in [1.54, 1.807) is 6.20 Å². The molecule has 0 radical (unpaired) electrons. The molecule has 0 saturated carbocycles. The van der Waals surface area contributed by atoms with Crippen molar-refractivity contribution in [3.8, 4) is 0 Å². The molecule has 2 aromatic heterocycles. The molecule has 0 saturated heterocycles. The lowest BCUT2D eigenvalue weighted by Gasteiger charge is -1.82. The molecule has 96 valence electrons. The number of hydrogen-bond acceptors (Lipinski definition) is 4. The Morgan fingerprint density at radius 3 is 2.17 bits per heavy atom. The van der Waals surface area contributed by atoms with Crippen molar-refractivity contribution in [2.75, 3.05) is 0 Å².